The fraction of sp³-hybridized carbons (Fsp3) is 0.364. The zero-order valence-electron chi connectivity index (χ0n) is 15.6. The summed E-state index contributed by atoms with van der Waals surface area (Å²) in [5.41, 5.74) is 0.392. The lowest BCUT2D eigenvalue weighted by Crippen LogP contribution is -2.40. The van der Waals surface area contributed by atoms with Crippen molar-refractivity contribution in [2.75, 3.05) is 0 Å². The van der Waals surface area contributed by atoms with Gasteiger partial charge in [0.1, 0.15) is 5.75 Å². The van der Waals surface area contributed by atoms with E-state index >= 15 is 0 Å². The molecule has 2 aromatic rings. The number of ether oxygens (including phenoxy) is 1. The first kappa shape index (κ1) is 19.3. The number of nitrogens with zero attached hydrogens (tertiary/aromatic N) is 2. The molecule has 1 saturated carbocycles. The van der Waals surface area contributed by atoms with Crippen molar-refractivity contribution in [3.8, 4) is 11.8 Å². The molecule has 0 bridgehead atoms. The third kappa shape index (κ3) is 3.80. The molecule has 1 aliphatic carbocycles. The molecule has 2 aliphatic rings. The number of benzene rings is 2. The van der Waals surface area contributed by atoms with Crippen molar-refractivity contribution in [1.29, 1.82) is 5.26 Å². The van der Waals surface area contributed by atoms with Crippen LogP contribution >= 0.6 is 0 Å². The molecule has 0 saturated heterocycles. The summed E-state index contributed by atoms with van der Waals surface area (Å²) in [6.45, 7) is 0.607. The largest absolute Gasteiger partial charge is 0.490 e. The van der Waals surface area contributed by atoms with Crippen LogP contribution in [0.25, 0.3) is 0 Å². The van der Waals surface area contributed by atoms with Gasteiger partial charge in [0, 0.05) is 18.2 Å². The smallest absolute Gasteiger partial charge is 0.417 e. The highest BCUT2D eigenvalue weighted by molar-refractivity contribution is 5.98. The Morgan fingerprint density at radius 1 is 1.07 bits per heavy atom. The maximum Gasteiger partial charge on any atom is 0.417 e. The molecular formula is C22H19F3N2O2. The minimum Gasteiger partial charge on any atom is -0.490 e. The van der Waals surface area contributed by atoms with Gasteiger partial charge in [0.25, 0.3) is 5.91 Å². The van der Waals surface area contributed by atoms with Gasteiger partial charge in [-0.3, -0.25) is 4.79 Å². The highest BCUT2D eigenvalue weighted by Gasteiger charge is 2.36. The van der Waals surface area contributed by atoms with Gasteiger partial charge < -0.3 is 9.64 Å². The lowest BCUT2D eigenvalue weighted by molar-refractivity contribution is -0.137. The third-order valence-corrected chi connectivity index (χ3v) is 5.65. The SMILES string of the molecule is N#Cc1ccc(OC2CCC(N3Cc4ccccc4C3=O)CC2)cc1C(F)(F)F. The molecule has 29 heavy (non-hydrogen) atoms. The topological polar surface area (TPSA) is 53.3 Å². The summed E-state index contributed by atoms with van der Waals surface area (Å²) in [6.07, 6.45) is -2.01. The van der Waals surface area contributed by atoms with E-state index in [9.17, 15) is 18.0 Å². The number of hydrogen-bond acceptors (Lipinski definition) is 3. The zero-order valence-corrected chi connectivity index (χ0v) is 15.6. The van der Waals surface area contributed by atoms with Crippen LogP contribution in [0.5, 0.6) is 5.75 Å². The normalized spacial score (nSPS) is 21.6. The number of carbonyl (C=O) groups excluding carboxylic acids is 1. The quantitative estimate of drug-likeness (QED) is 0.735. The molecule has 0 N–H and O–H groups in total. The van der Waals surface area contributed by atoms with Gasteiger partial charge in [-0.25, -0.2) is 0 Å². The summed E-state index contributed by atoms with van der Waals surface area (Å²) in [4.78, 5) is 14.5. The van der Waals surface area contributed by atoms with E-state index in [1.165, 1.54) is 6.07 Å². The first-order valence-electron chi connectivity index (χ1n) is 9.53. The Morgan fingerprint density at radius 3 is 2.45 bits per heavy atom. The van der Waals surface area contributed by atoms with E-state index in [2.05, 4.69) is 0 Å². The highest BCUT2D eigenvalue weighted by atomic mass is 19.4. The standard InChI is InChI=1S/C22H19F3N2O2/c23-22(24,25)20-11-18(8-5-14(20)12-26)29-17-9-6-16(7-10-17)27-13-15-3-1-2-4-19(15)21(27)28/h1-5,8,11,16-17H,6-7,9-10,13H2. The van der Waals surface area contributed by atoms with Crippen molar-refractivity contribution >= 4 is 5.91 Å². The van der Waals surface area contributed by atoms with Gasteiger partial charge in [-0.1, -0.05) is 18.2 Å². The Morgan fingerprint density at radius 2 is 1.79 bits per heavy atom. The van der Waals surface area contributed by atoms with Crippen LogP contribution in [0.15, 0.2) is 42.5 Å². The van der Waals surface area contributed by atoms with Crippen LogP contribution in [0, 0.1) is 11.3 Å². The zero-order chi connectivity index (χ0) is 20.6. The number of rotatable bonds is 3. The molecule has 150 valence electrons. The van der Waals surface area contributed by atoms with Crippen LogP contribution in [0.2, 0.25) is 0 Å². The van der Waals surface area contributed by atoms with Crippen LogP contribution in [-0.2, 0) is 12.7 Å². The van der Waals surface area contributed by atoms with Crippen LogP contribution in [0.1, 0.15) is 52.7 Å². The molecule has 0 unspecified atom stereocenters. The van der Waals surface area contributed by atoms with Gasteiger partial charge in [0.2, 0.25) is 0 Å². The Bertz CT molecular complexity index is 973. The summed E-state index contributed by atoms with van der Waals surface area (Å²) < 4.78 is 45.1. The van der Waals surface area contributed by atoms with Crippen LogP contribution in [0.4, 0.5) is 13.2 Å². The van der Waals surface area contributed by atoms with Gasteiger partial charge in [-0.05, 0) is 55.5 Å². The van der Waals surface area contributed by atoms with E-state index < -0.39 is 17.3 Å². The van der Waals surface area contributed by atoms with Crippen LogP contribution < -0.4 is 4.74 Å². The van der Waals surface area contributed by atoms with Crippen molar-refractivity contribution in [1.82, 2.24) is 4.90 Å². The van der Waals surface area contributed by atoms with E-state index in [1.54, 1.807) is 6.07 Å². The fourth-order valence-electron chi connectivity index (χ4n) is 4.17. The first-order valence-corrected chi connectivity index (χ1v) is 9.53. The third-order valence-electron chi connectivity index (χ3n) is 5.65. The average Bonchev–Trinajstić information content (AvgIpc) is 3.05. The van der Waals surface area contributed by atoms with Crippen molar-refractivity contribution < 1.29 is 22.7 Å². The average molecular weight is 400 g/mol. The van der Waals surface area contributed by atoms with Crippen molar-refractivity contribution in [3.05, 3.63) is 64.7 Å². The maximum atomic E-state index is 13.1. The first-order chi connectivity index (χ1) is 13.9. The number of halogens is 3. The Balaban J connectivity index is 1.39. The molecule has 0 atom stereocenters. The lowest BCUT2D eigenvalue weighted by Gasteiger charge is -2.34. The van der Waals surface area contributed by atoms with E-state index in [0.717, 1.165) is 36.1 Å². The van der Waals surface area contributed by atoms with E-state index in [0.29, 0.717) is 19.4 Å². The summed E-state index contributed by atoms with van der Waals surface area (Å²) in [6, 6.07) is 12.7. The van der Waals surface area contributed by atoms with Gasteiger partial charge in [0.15, 0.2) is 0 Å². The molecule has 4 nitrogen and oxygen atoms in total. The number of nitriles is 1. The molecule has 1 amide bonds. The minimum absolute atomic E-state index is 0.0480. The molecular weight excluding hydrogens is 381 g/mol. The predicted octanol–water partition coefficient (Wildman–Crippen LogP) is 4.92. The number of hydrogen-bond donors (Lipinski definition) is 0. The molecule has 1 aliphatic heterocycles. The molecule has 1 fully saturated rings. The second-order valence-electron chi connectivity index (χ2n) is 7.46. The van der Waals surface area contributed by atoms with Gasteiger partial charge in [0.05, 0.1) is 23.3 Å². The van der Waals surface area contributed by atoms with Crippen molar-refractivity contribution in [2.45, 2.75) is 50.6 Å². The lowest BCUT2D eigenvalue weighted by atomic mass is 9.92. The Labute approximate surface area is 166 Å². The van der Waals surface area contributed by atoms with Crippen molar-refractivity contribution in [2.24, 2.45) is 0 Å². The van der Waals surface area contributed by atoms with Gasteiger partial charge in [-0.15, -0.1) is 0 Å². The monoisotopic (exact) mass is 400 g/mol. The molecule has 1 heterocycles. The van der Waals surface area contributed by atoms with Crippen LogP contribution in [0.3, 0.4) is 0 Å². The van der Waals surface area contributed by atoms with E-state index in [4.69, 9.17) is 10.00 Å². The Kier molecular flexibility index (Phi) is 4.95. The molecule has 2 aromatic carbocycles. The second-order valence-corrected chi connectivity index (χ2v) is 7.46. The Hall–Kier alpha value is -3.01. The van der Waals surface area contributed by atoms with Gasteiger partial charge in [-0.2, -0.15) is 18.4 Å². The van der Waals surface area contributed by atoms with Gasteiger partial charge >= 0.3 is 6.18 Å². The minimum atomic E-state index is -4.60. The summed E-state index contributed by atoms with van der Waals surface area (Å²) in [5, 5.41) is 8.89. The summed E-state index contributed by atoms with van der Waals surface area (Å²) in [7, 11) is 0. The van der Waals surface area contributed by atoms with Crippen LogP contribution in [-0.4, -0.2) is 23.0 Å². The predicted molar refractivity (Wildman–Crippen MR) is 99.1 cm³/mol. The molecule has 0 aromatic heterocycles. The number of fused-ring (bicyclic) bond motifs is 1. The summed E-state index contributed by atoms with van der Waals surface area (Å²) in [5.74, 6) is 0.163. The highest BCUT2D eigenvalue weighted by Crippen LogP contribution is 2.36. The number of amides is 1. The van der Waals surface area contributed by atoms with Crippen molar-refractivity contribution in [3.63, 3.8) is 0 Å². The number of alkyl halides is 3. The van der Waals surface area contributed by atoms with E-state index in [1.807, 2.05) is 29.2 Å². The molecule has 0 radical (unpaired) electrons. The summed E-state index contributed by atoms with van der Waals surface area (Å²) >= 11 is 0. The molecule has 4 rings (SSSR count). The maximum absolute atomic E-state index is 13.1. The molecule has 7 heteroatoms. The molecule has 0 spiro atoms. The number of carbonyl (C=O) groups is 1. The van der Waals surface area contributed by atoms with E-state index in [-0.39, 0.29) is 23.8 Å². The second kappa shape index (κ2) is 7.43. The fourth-order valence-corrected chi connectivity index (χ4v) is 4.17.